The fourth-order valence-electron chi connectivity index (χ4n) is 6.50. The van der Waals surface area contributed by atoms with Crippen LogP contribution in [-0.4, -0.2) is 11.1 Å². The van der Waals surface area contributed by atoms with E-state index in [-0.39, 0.29) is 5.41 Å². The molecule has 0 aromatic heterocycles. The molecule has 0 aromatic carbocycles. The third-order valence-electron chi connectivity index (χ3n) is 7.90. The molecule has 0 bridgehead atoms. The van der Waals surface area contributed by atoms with Crippen LogP contribution < -0.4 is 5.73 Å². The van der Waals surface area contributed by atoms with E-state index in [4.69, 9.17) is 5.73 Å². The lowest BCUT2D eigenvalue weighted by Gasteiger charge is -2.58. The maximum Gasteiger partial charge on any atom is 0.111 e. The Labute approximate surface area is 128 Å². The average Bonchev–Trinajstić information content (AvgIpc) is 2.76. The van der Waals surface area contributed by atoms with Crippen LogP contribution in [-0.2, 0) is 0 Å². The number of hydrogen-bond acceptors (Lipinski definition) is 2. The summed E-state index contributed by atoms with van der Waals surface area (Å²) in [7, 11) is 0. The molecule has 0 heterocycles. The van der Waals surface area contributed by atoms with Crippen molar-refractivity contribution in [3.8, 4) is 0 Å². The highest BCUT2D eigenvalue weighted by atomic mass is 16.3. The molecule has 21 heavy (non-hydrogen) atoms. The molecule has 4 aliphatic rings. The lowest BCUT2D eigenvalue weighted by molar-refractivity contribution is -0.0586. The summed E-state index contributed by atoms with van der Waals surface area (Å²) in [5.41, 5.74) is 7.11. The number of nitrogens with two attached hydrogens (primary N) is 1. The molecule has 4 aliphatic carbocycles. The Kier molecular flexibility index (Phi) is 2.89. The van der Waals surface area contributed by atoms with Gasteiger partial charge in [0.2, 0.25) is 0 Å². The minimum absolute atomic E-state index is 0.253. The predicted molar refractivity (Wildman–Crippen MR) is 85.7 cm³/mol. The second-order valence-electron chi connectivity index (χ2n) is 8.58. The molecule has 2 unspecified atom stereocenters. The van der Waals surface area contributed by atoms with Crippen LogP contribution in [0.15, 0.2) is 24.0 Å². The summed E-state index contributed by atoms with van der Waals surface area (Å²) in [4.78, 5) is 0. The fourth-order valence-corrected chi connectivity index (χ4v) is 6.50. The minimum Gasteiger partial charge on any atom is -0.508 e. The first-order valence-corrected chi connectivity index (χ1v) is 8.81. The molecule has 7 atom stereocenters. The molecule has 3 fully saturated rings. The number of fused-ring (bicyclic) bond motifs is 5. The van der Waals surface area contributed by atoms with Gasteiger partial charge in [0.1, 0.15) is 5.76 Å². The largest absolute Gasteiger partial charge is 0.508 e. The summed E-state index contributed by atoms with van der Waals surface area (Å²) in [5, 5.41) is 9.84. The number of aliphatic hydroxyl groups is 1. The first-order valence-electron chi connectivity index (χ1n) is 8.81. The molecular weight excluding hydrogens is 258 g/mol. The molecule has 0 aliphatic heterocycles. The third kappa shape index (κ3) is 1.75. The van der Waals surface area contributed by atoms with E-state index in [9.17, 15) is 5.11 Å². The van der Waals surface area contributed by atoms with E-state index < -0.39 is 0 Å². The lowest BCUT2D eigenvalue weighted by Crippen LogP contribution is -2.53. The van der Waals surface area contributed by atoms with Gasteiger partial charge < -0.3 is 10.8 Å². The van der Waals surface area contributed by atoms with Crippen LogP contribution >= 0.6 is 0 Å². The Balaban J connectivity index is 1.68. The summed E-state index contributed by atoms with van der Waals surface area (Å²) in [5.74, 6) is 3.46. The van der Waals surface area contributed by atoms with Crippen LogP contribution in [0.4, 0.5) is 0 Å². The summed E-state index contributed by atoms with van der Waals surface area (Å²) in [6.07, 6.45) is 14.1. The normalized spacial score (nSPS) is 55.4. The van der Waals surface area contributed by atoms with Gasteiger partial charge in [-0.3, -0.25) is 0 Å². The van der Waals surface area contributed by atoms with E-state index >= 15 is 0 Å². The number of allylic oxidation sites excluding steroid dienone is 3. The predicted octanol–water partition coefficient (Wildman–Crippen LogP) is 4.18. The van der Waals surface area contributed by atoms with Crippen LogP contribution in [0.25, 0.3) is 0 Å². The first-order chi connectivity index (χ1) is 9.95. The molecule has 2 nitrogen and oxygen atoms in total. The van der Waals surface area contributed by atoms with Crippen molar-refractivity contribution in [3.05, 3.63) is 24.0 Å². The van der Waals surface area contributed by atoms with Crippen LogP contribution in [0.1, 0.15) is 52.4 Å². The molecule has 3 N–H and O–H groups in total. The van der Waals surface area contributed by atoms with Crippen molar-refractivity contribution >= 4 is 0 Å². The summed E-state index contributed by atoms with van der Waals surface area (Å²) >= 11 is 0. The number of aliphatic hydroxyl groups excluding tert-OH is 1. The molecular formula is C19H29NO. The van der Waals surface area contributed by atoms with Crippen molar-refractivity contribution < 1.29 is 5.11 Å². The SMILES string of the molecule is C[C@]12C=CC(O)=CC1CC[C@@H]1[C@H]2CC[C@]2(C)C(N)CC[C@@H]12. The van der Waals surface area contributed by atoms with E-state index in [1.807, 2.05) is 6.08 Å². The maximum absolute atomic E-state index is 9.84. The van der Waals surface area contributed by atoms with Crippen molar-refractivity contribution in [3.63, 3.8) is 0 Å². The van der Waals surface area contributed by atoms with Crippen molar-refractivity contribution in [2.24, 2.45) is 40.2 Å². The van der Waals surface area contributed by atoms with Crippen molar-refractivity contribution in [1.82, 2.24) is 0 Å². The highest BCUT2D eigenvalue weighted by Gasteiger charge is 2.58. The Bertz CT molecular complexity index is 510. The van der Waals surface area contributed by atoms with Gasteiger partial charge in [-0.25, -0.2) is 0 Å². The van der Waals surface area contributed by atoms with E-state index in [1.165, 1.54) is 38.5 Å². The zero-order valence-corrected chi connectivity index (χ0v) is 13.4. The molecule has 116 valence electrons. The van der Waals surface area contributed by atoms with Gasteiger partial charge in [0.05, 0.1) is 0 Å². The van der Waals surface area contributed by atoms with E-state index in [0.29, 0.717) is 23.1 Å². The van der Waals surface area contributed by atoms with Gasteiger partial charge in [0.15, 0.2) is 0 Å². The van der Waals surface area contributed by atoms with Gasteiger partial charge in [-0.1, -0.05) is 19.9 Å². The molecule has 0 saturated heterocycles. The van der Waals surface area contributed by atoms with Crippen LogP contribution in [0, 0.1) is 34.5 Å². The molecule has 3 saturated carbocycles. The zero-order valence-electron chi connectivity index (χ0n) is 13.4. The standard InChI is InChI=1S/C19H29NO/c1-18-9-7-13(21)11-12(18)3-4-14-15-5-6-17(20)19(15,2)10-8-16(14)18/h7,9,11-12,14-17,21H,3-6,8,10,20H2,1-2H3/t12?,14-,15-,16+,17?,18-,19-/m0/s1. The molecule has 0 aromatic rings. The quantitative estimate of drug-likeness (QED) is 0.702. The maximum atomic E-state index is 9.84. The van der Waals surface area contributed by atoms with Gasteiger partial charge in [-0.2, -0.15) is 0 Å². The third-order valence-corrected chi connectivity index (χ3v) is 7.90. The van der Waals surface area contributed by atoms with Crippen molar-refractivity contribution in [1.29, 1.82) is 0 Å². The summed E-state index contributed by atoms with van der Waals surface area (Å²) in [6.45, 7) is 4.90. The van der Waals surface area contributed by atoms with Crippen molar-refractivity contribution in [2.75, 3.05) is 0 Å². The highest BCUT2D eigenvalue weighted by molar-refractivity contribution is 5.27. The number of hydrogen-bond donors (Lipinski definition) is 2. The molecule has 0 radical (unpaired) electrons. The van der Waals surface area contributed by atoms with Crippen molar-refractivity contribution in [2.45, 2.75) is 58.4 Å². The Morgan fingerprint density at radius 1 is 1.10 bits per heavy atom. The van der Waals surface area contributed by atoms with E-state index in [1.54, 1.807) is 0 Å². The summed E-state index contributed by atoms with van der Waals surface area (Å²) < 4.78 is 0. The highest BCUT2D eigenvalue weighted by Crippen LogP contribution is 2.64. The Hall–Kier alpha value is -0.760. The topological polar surface area (TPSA) is 46.2 Å². The Morgan fingerprint density at radius 3 is 2.71 bits per heavy atom. The molecule has 2 heteroatoms. The molecule has 4 rings (SSSR count). The zero-order chi connectivity index (χ0) is 14.8. The monoisotopic (exact) mass is 287 g/mol. The lowest BCUT2D eigenvalue weighted by atomic mass is 9.47. The first kappa shape index (κ1) is 13.9. The van der Waals surface area contributed by atoms with E-state index in [2.05, 4.69) is 26.0 Å². The van der Waals surface area contributed by atoms with Gasteiger partial charge in [0, 0.05) is 6.04 Å². The fraction of sp³-hybridized carbons (Fsp3) is 0.789. The number of rotatable bonds is 0. The van der Waals surface area contributed by atoms with Gasteiger partial charge in [-0.15, -0.1) is 0 Å². The average molecular weight is 287 g/mol. The molecule has 0 amide bonds. The minimum atomic E-state index is 0.253. The van der Waals surface area contributed by atoms with Gasteiger partial charge in [0.25, 0.3) is 0 Å². The van der Waals surface area contributed by atoms with Crippen LogP contribution in [0.5, 0.6) is 0 Å². The van der Waals surface area contributed by atoms with Gasteiger partial charge >= 0.3 is 0 Å². The van der Waals surface area contributed by atoms with Crippen LogP contribution in [0.2, 0.25) is 0 Å². The second-order valence-corrected chi connectivity index (χ2v) is 8.58. The molecule has 0 spiro atoms. The van der Waals surface area contributed by atoms with Crippen LogP contribution in [0.3, 0.4) is 0 Å². The smallest absolute Gasteiger partial charge is 0.111 e. The summed E-state index contributed by atoms with van der Waals surface area (Å²) in [6, 6.07) is 0.416. The van der Waals surface area contributed by atoms with Gasteiger partial charge in [-0.05, 0) is 85.2 Å². The van der Waals surface area contributed by atoms with E-state index in [0.717, 1.165) is 17.8 Å². The Morgan fingerprint density at radius 2 is 1.90 bits per heavy atom. The second kappa shape index (κ2) is 4.38.